The van der Waals surface area contributed by atoms with Crippen LogP contribution in [0.1, 0.15) is 37.7 Å². The van der Waals surface area contributed by atoms with E-state index in [0.29, 0.717) is 6.04 Å². The molecule has 1 atom stereocenters. The largest absolute Gasteiger partial charge is 0.391 e. The van der Waals surface area contributed by atoms with Gasteiger partial charge in [-0.25, -0.2) is 0 Å². The number of benzene rings is 1. The van der Waals surface area contributed by atoms with Gasteiger partial charge >= 0.3 is 0 Å². The Morgan fingerprint density at radius 3 is 2.53 bits per heavy atom. The van der Waals surface area contributed by atoms with Crippen molar-refractivity contribution in [1.82, 2.24) is 5.32 Å². The predicted molar refractivity (Wildman–Crippen MR) is 71.0 cm³/mol. The van der Waals surface area contributed by atoms with E-state index in [2.05, 4.69) is 17.4 Å². The molecule has 0 saturated heterocycles. The first kappa shape index (κ1) is 12.6. The summed E-state index contributed by atoms with van der Waals surface area (Å²) in [6.07, 6.45) is 7.10. The zero-order valence-corrected chi connectivity index (χ0v) is 10.4. The van der Waals surface area contributed by atoms with Gasteiger partial charge in [0.1, 0.15) is 0 Å². The first-order chi connectivity index (χ1) is 8.34. The van der Waals surface area contributed by atoms with Crippen molar-refractivity contribution in [3.8, 4) is 0 Å². The van der Waals surface area contributed by atoms with Crippen LogP contribution in [0.15, 0.2) is 30.3 Å². The van der Waals surface area contributed by atoms with Crippen LogP contribution >= 0.6 is 0 Å². The maximum absolute atomic E-state index is 9.97. The Kier molecular flexibility index (Phi) is 5.02. The second-order valence-electron chi connectivity index (χ2n) is 5.09. The Morgan fingerprint density at radius 2 is 1.82 bits per heavy atom. The highest BCUT2D eigenvalue weighted by Crippen LogP contribution is 2.17. The molecule has 1 aromatic rings. The summed E-state index contributed by atoms with van der Waals surface area (Å²) in [7, 11) is 0. The third-order valence-corrected chi connectivity index (χ3v) is 3.56. The smallest absolute Gasteiger partial charge is 0.0704 e. The molecule has 2 N–H and O–H groups in total. The molecule has 0 amide bonds. The molecule has 1 aromatic carbocycles. The molecule has 1 aliphatic rings. The molecule has 0 radical (unpaired) electrons. The van der Waals surface area contributed by atoms with Crippen LogP contribution in [0.25, 0.3) is 0 Å². The first-order valence-electron chi connectivity index (χ1n) is 6.80. The van der Waals surface area contributed by atoms with Gasteiger partial charge in [-0.15, -0.1) is 0 Å². The van der Waals surface area contributed by atoms with Gasteiger partial charge in [0, 0.05) is 12.6 Å². The normalized spacial score (nSPS) is 19.1. The van der Waals surface area contributed by atoms with Crippen molar-refractivity contribution in [2.24, 2.45) is 0 Å². The average molecular weight is 233 g/mol. The van der Waals surface area contributed by atoms with Crippen LogP contribution in [0.3, 0.4) is 0 Å². The molecule has 1 fully saturated rings. The van der Waals surface area contributed by atoms with Crippen LogP contribution in [-0.2, 0) is 6.42 Å². The van der Waals surface area contributed by atoms with Crippen LogP contribution < -0.4 is 5.32 Å². The molecule has 2 rings (SSSR count). The molecular formula is C15H23NO. The lowest BCUT2D eigenvalue weighted by molar-refractivity contribution is 0.163. The van der Waals surface area contributed by atoms with Crippen molar-refractivity contribution >= 4 is 0 Å². The van der Waals surface area contributed by atoms with Crippen molar-refractivity contribution in [3.05, 3.63) is 35.9 Å². The molecular weight excluding hydrogens is 210 g/mol. The summed E-state index contributed by atoms with van der Waals surface area (Å²) >= 11 is 0. The monoisotopic (exact) mass is 233 g/mol. The van der Waals surface area contributed by atoms with Crippen molar-refractivity contribution in [1.29, 1.82) is 0 Å². The Morgan fingerprint density at radius 1 is 1.12 bits per heavy atom. The van der Waals surface area contributed by atoms with Gasteiger partial charge in [0.05, 0.1) is 6.10 Å². The van der Waals surface area contributed by atoms with Gasteiger partial charge < -0.3 is 10.4 Å². The zero-order chi connectivity index (χ0) is 11.9. The highest BCUT2D eigenvalue weighted by atomic mass is 16.3. The van der Waals surface area contributed by atoms with Crippen LogP contribution in [-0.4, -0.2) is 23.8 Å². The number of hydrogen-bond acceptors (Lipinski definition) is 2. The van der Waals surface area contributed by atoms with Crippen LogP contribution in [0.4, 0.5) is 0 Å². The van der Waals surface area contributed by atoms with E-state index in [1.165, 1.54) is 37.7 Å². The summed E-state index contributed by atoms with van der Waals surface area (Å²) in [5.74, 6) is 0. The minimum absolute atomic E-state index is 0.265. The molecule has 0 unspecified atom stereocenters. The quantitative estimate of drug-likeness (QED) is 0.819. The molecule has 94 valence electrons. The summed E-state index contributed by atoms with van der Waals surface area (Å²) in [6, 6.07) is 10.8. The summed E-state index contributed by atoms with van der Waals surface area (Å²) < 4.78 is 0. The SMILES string of the molecule is O[C@@H](CNC1CCCCC1)Cc1ccccc1. The maximum Gasteiger partial charge on any atom is 0.0704 e. The highest BCUT2D eigenvalue weighted by molar-refractivity contribution is 5.15. The van der Waals surface area contributed by atoms with E-state index in [-0.39, 0.29) is 6.10 Å². The molecule has 0 bridgehead atoms. The number of hydrogen-bond donors (Lipinski definition) is 2. The van der Waals surface area contributed by atoms with Gasteiger partial charge in [-0.2, -0.15) is 0 Å². The first-order valence-corrected chi connectivity index (χ1v) is 6.80. The summed E-state index contributed by atoms with van der Waals surface area (Å²) in [4.78, 5) is 0. The van der Waals surface area contributed by atoms with Gasteiger partial charge in [-0.1, -0.05) is 49.6 Å². The topological polar surface area (TPSA) is 32.3 Å². The fraction of sp³-hybridized carbons (Fsp3) is 0.600. The molecule has 2 nitrogen and oxygen atoms in total. The Labute approximate surface area is 104 Å². The molecule has 2 heteroatoms. The Hall–Kier alpha value is -0.860. The lowest BCUT2D eigenvalue weighted by Crippen LogP contribution is -2.37. The number of rotatable bonds is 5. The lowest BCUT2D eigenvalue weighted by Gasteiger charge is -2.24. The number of nitrogens with one attached hydrogen (secondary N) is 1. The zero-order valence-electron chi connectivity index (χ0n) is 10.4. The van der Waals surface area contributed by atoms with Gasteiger partial charge in [-0.05, 0) is 24.8 Å². The molecule has 0 aromatic heterocycles. The summed E-state index contributed by atoms with van der Waals surface area (Å²) in [5.41, 5.74) is 1.21. The van der Waals surface area contributed by atoms with Crippen molar-refractivity contribution in [2.75, 3.05) is 6.54 Å². The Bertz CT molecular complexity index is 306. The number of aliphatic hydroxyl groups is 1. The minimum atomic E-state index is -0.265. The van der Waals surface area contributed by atoms with Gasteiger partial charge in [0.15, 0.2) is 0 Å². The van der Waals surface area contributed by atoms with E-state index in [1.807, 2.05) is 18.2 Å². The summed E-state index contributed by atoms with van der Waals surface area (Å²) in [5, 5.41) is 13.5. The van der Waals surface area contributed by atoms with Crippen molar-refractivity contribution in [2.45, 2.75) is 50.7 Å². The van der Waals surface area contributed by atoms with E-state index in [4.69, 9.17) is 0 Å². The van der Waals surface area contributed by atoms with E-state index in [1.54, 1.807) is 0 Å². The van der Waals surface area contributed by atoms with E-state index in [9.17, 15) is 5.11 Å². The van der Waals surface area contributed by atoms with Crippen molar-refractivity contribution < 1.29 is 5.11 Å². The third-order valence-electron chi connectivity index (χ3n) is 3.56. The predicted octanol–water partition coefficient (Wildman–Crippen LogP) is 2.51. The average Bonchev–Trinajstić information content (AvgIpc) is 2.39. The van der Waals surface area contributed by atoms with Crippen LogP contribution in [0.2, 0.25) is 0 Å². The minimum Gasteiger partial charge on any atom is -0.391 e. The van der Waals surface area contributed by atoms with Gasteiger partial charge in [-0.3, -0.25) is 0 Å². The molecule has 0 aliphatic heterocycles. The van der Waals surface area contributed by atoms with E-state index >= 15 is 0 Å². The lowest BCUT2D eigenvalue weighted by atomic mass is 9.95. The van der Waals surface area contributed by atoms with Crippen LogP contribution in [0.5, 0.6) is 0 Å². The Balaban J connectivity index is 1.68. The fourth-order valence-electron chi connectivity index (χ4n) is 2.57. The van der Waals surface area contributed by atoms with Gasteiger partial charge in [0.25, 0.3) is 0 Å². The highest BCUT2D eigenvalue weighted by Gasteiger charge is 2.14. The van der Waals surface area contributed by atoms with E-state index in [0.717, 1.165) is 13.0 Å². The standard InChI is InChI=1S/C15H23NO/c17-15(11-13-7-3-1-4-8-13)12-16-14-9-5-2-6-10-14/h1,3-4,7-8,14-17H,2,5-6,9-12H2/t15-/m1/s1. The second-order valence-corrected chi connectivity index (χ2v) is 5.09. The van der Waals surface area contributed by atoms with Crippen LogP contribution in [0, 0.1) is 0 Å². The van der Waals surface area contributed by atoms with E-state index < -0.39 is 0 Å². The maximum atomic E-state index is 9.97. The third kappa shape index (κ3) is 4.49. The van der Waals surface area contributed by atoms with Gasteiger partial charge in [0.2, 0.25) is 0 Å². The fourth-order valence-corrected chi connectivity index (χ4v) is 2.57. The molecule has 1 aliphatic carbocycles. The van der Waals surface area contributed by atoms with Crippen molar-refractivity contribution in [3.63, 3.8) is 0 Å². The summed E-state index contributed by atoms with van der Waals surface area (Å²) in [6.45, 7) is 0.722. The molecule has 0 heterocycles. The number of aliphatic hydroxyl groups excluding tert-OH is 1. The molecule has 1 saturated carbocycles. The molecule has 0 spiro atoms. The second kappa shape index (κ2) is 6.77. The molecule has 17 heavy (non-hydrogen) atoms.